The van der Waals surface area contributed by atoms with E-state index in [9.17, 15) is 0 Å². The van der Waals surface area contributed by atoms with Crippen LogP contribution in [-0.2, 0) is 0 Å². The number of anilines is 1. The van der Waals surface area contributed by atoms with Gasteiger partial charge in [-0.1, -0.05) is 18.5 Å². The first-order valence-electron chi connectivity index (χ1n) is 3.97. The molecule has 0 aliphatic rings. The zero-order chi connectivity index (χ0) is 8.97. The minimum atomic E-state index is 0.374. The van der Waals surface area contributed by atoms with Gasteiger partial charge in [-0.05, 0) is 13.3 Å². The van der Waals surface area contributed by atoms with Crippen LogP contribution in [0.2, 0.25) is 5.15 Å². The van der Waals surface area contributed by atoms with Crippen molar-refractivity contribution in [2.45, 2.75) is 26.3 Å². The Kier molecular flexibility index (Phi) is 3.29. The van der Waals surface area contributed by atoms with Gasteiger partial charge in [0, 0.05) is 18.4 Å². The number of hydrogen-bond donors (Lipinski definition) is 1. The first-order valence-corrected chi connectivity index (χ1v) is 4.35. The minimum absolute atomic E-state index is 0.374. The highest BCUT2D eigenvalue weighted by Gasteiger charge is 2.03. The van der Waals surface area contributed by atoms with E-state index in [1.54, 1.807) is 12.4 Å². The van der Waals surface area contributed by atoms with Crippen LogP contribution in [0.4, 0.5) is 5.82 Å². The van der Waals surface area contributed by atoms with Gasteiger partial charge in [0.2, 0.25) is 0 Å². The summed E-state index contributed by atoms with van der Waals surface area (Å²) in [5.41, 5.74) is 0. The summed E-state index contributed by atoms with van der Waals surface area (Å²) in [4.78, 5) is 7.97. The van der Waals surface area contributed by atoms with E-state index >= 15 is 0 Å². The normalized spacial score (nSPS) is 12.6. The second-order valence-electron chi connectivity index (χ2n) is 2.65. The summed E-state index contributed by atoms with van der Waals surface area (Å²) in [5.74, 6) is 0.661. The molecule has 1 rings (SSSR count). The summed E-state index contributed by atoms with van der Waals surface area (Å²) in [6, 6.07) is 0.374. The highest BCUT2D eigenvalue weighted by atomic mass is 35.5. The van der Waals surface area contributed by atoms with Crippen LogP contribution in [-0.4, -0.2) is 16.0 Å². The van der Waals surface area contributed by atoms with Gasteiger partial charge in [0.25, 0.3) is 0 Å². The number of rotatable bonds is 3. The highest BCUT2D eigenvalue weighted by Crippen LogP contribution is 2.15. The van der Waals surface area contributed by atoms with Crippen LogP contribution in [0.15, 0.2) is 12.4 Å². The van der Waals surface area contributed by atoms with Crippen LogP contribution in [0, 0.1) is 0 Å². The molecule has 0 aliphatic carbocycles. The van der Waals surface area contributed by atoms with Crippen LogP contribution in [0.25, 0.3) is 0 Å². The van der Waals surface area contributed by atoms with Gasteiger partial charge in [0.1, 0.15) is 0 Å². The average molecular weight is 186 g/mol. The quantitative estimate of drug-likeness (QED) is 0.786. The lowest BCUT2D eigenvalue weighted by Gasteiger charge is -2.11. The highest BCUT2D eigenvalue weighted by molar-refractivity contribution is 6.31. The summed E-state index contributed by atoms with van der Waals surface area (Å²) in [7, 11) is 0. The van der Waals surface area contributed by atoms with E-state index in [-0.39, 0.29) is 0 Å². The lowest BCUT2D eigenvalue weighted by molar-refractivity contribution is 0.758. The maximum absolute atomic E-state index is 5.79. The molecule has 1 aromatic heterocycles. The Morgan fingerprint density at radius 2 is 2.17 bits per heavy atom. The van der Waals surface area contributed by atoms with E-state index in [4.69, 9.17) is 11.6 Å². The van der Waals surface area contributed by atoms with E-state index < -0.39 is 0 Å². The van der Waals surface area contributed by atoms with Crippen molar-refractivity contribution < 1.29 is 0 Å². The van der Waals surface area contributed by atoms with Gasteiger partial charge in [-0.25, -0.2) is 9.97 Å². The topological polar surface area (TPSA) is 37.8 Å². The molecule has 0 spiro atoms. The number of hydrogen-bond acceptors (Lipinski definition) is 3. The molecule has 0 aliphatic heterocycles. The van der Waals surface area contributed by atoms with Crippen molar-refractivity contribution in [1.82, 2.24) is 9.97 Å². The van der Waals surface area contributed by atoms with Crippen molar-refractivity contribution in [2.75, 3.05) is 5.32 Å². The standard InChI is InChI=1S/C8H12ClN3/c1-3-6(2)12-8-7(9)10-4-5-11-8/h4-6H,3H2,1-2H3,(H,11,12). The van der Waals surface area contributed by atoms with E-state index in [1.165, 1.54) is 0 Å². The zero-order valence-electron chi connectivity index (χ0n) is 7.21. The monoisotopic (exact) mass is 185 g/mol. The van der Waals surface area contributed by atoms with Crippen molar-refractivity contribution in [3.8, 4) is 0 Å². The number of nitrogens with one attached hydrogen (secondary N) is 1. The molecule has 1 heterocycles. The number of halogens is 1. The molecular formula is C8H12ClN3. The summed E-state index contributed by atoms with van der Waals surface area (Å²) in [5, 5.41) is 3.58. The number of aromatic nitrogens is 2. The molecule has 1 unspecified atom stereocenters. The Labute approximate surface area is 77.2 Å². The summed E-state index contributed by atoms with van der Waals surface area (Å²) in [6.07, 6.45) is 4.23. The van der Waals surface area contributed by atoms with Gasteiger partial charge in [-0.15, -0.1) is 0 Å². The molecule has 0 saturated carbocycles. The Hall–Kier alpha value is -0.830. The smallest absolute Gasteiger partial charge is 0.171 e. The van der Waals surface area contributed by atoms with Gasteiger partial charge in [0.05, 0.1) is 0 Å². The summed E-state index contributed by atoms with van der Waals surface area (Å²) < 4.78 is 0. The molecule has 0 saturated heterocycles. The first kappa shape index (κ1) is 9.26. The van der Waals surface area contributed by atoms with E-state index in [0.717, 1.165) is 6.42 Å². The predicted octanol–water partition coefficient (Wildman–Crippen LogP) is 2.34. The molecule has 1 N–H and O–H groups in total. The molecule has 0 radical (unpaired) electrons. The Balaban J connectivity index is 2.69. The molecule has 1 aromatic rings. The van der Waals surface area contributed by atoms with E-state index in [1.807, 2.05) is 0 Å². The minimum Gasteiger partial charge on any atom is -0.365 e. The molecule has 0 aromatic carbocycles. The largest absolute Gasteiger partial charge is 0.365 e. The lowest BCUT2D eigenvalue weighted by Crippen LogP contribution is -2.14. The maximum Gasteiger partial charge on any atom is 0.171 e. The lowest BCUT2D eigenvalue weighted by atomic mass is 10.3. The van der Waals surface area contributed by atoms with Gasteiger partial charge < -0.3 is 5.32 Å². The third-order valence-electron chi connectivity index (χ3n) is 1.65. The molecule has 0 amide bonds. The molecule has 1 atom stereocenters. The van der Waals surface area contributed by atoms with Crippen LogP contribution in [0.1, 0.15) is 20.3 Å². The third kappa shape index (κ3) is 2.34. The van der Waals surface area contributed by atoms with Crippen LogP contribution in [0.5, 0.6) is 0 Å². The molecule has 12 heavy (non-hydrogen) atoms. The van der Waals surface area contributed by atoms with Gasteiger partial charge in [-0.3, -0.25) is 0 Å². The van der Waals surface area contributed by atoms with Crippen molar-refractivity contribution in [3.05, 3.63) is 17.5 Å². The number of nitrogens with zero attached hydrogens (tertiary/aromatic N) is 2. The van der Waals surface area contributed by atoms with Crippen LogP contribution in [0.3, 0.4) is 0 Å². The van der Waals surface area contributed by atoms with Gasteiger partial charge >= 0.3 is 0 Å². The van der Waals surface area contributed by atoms with E-state index in [0.29, 0.717) is 17.0 Å². The second-order valence-corrected chi connectivity index (χ2v) is 3.01. The van der Waals surface area contributed by atoms with Crippen molar-refractivity contribution in [2.24, 2.45) is 0 Å². The Morgan fingerprint density at radius 1 is 1.50 bits per heavy atom. The first-order chi connectivity index (χ1) is 5.74. The maximum atomic E-state index is 5.79. The Morgan fingerprint density at radius 3 is 2.75 bits per heavy atom. The summed E-state index contributed by atoms with van der Waals surface area (Å²) in [6.45, 7) is 4.17. The summed E-state index contributed by atoms with van der Waals surface area (Å²) >= 11 is 5.79. The van der Waals surface area contributed by atoms with Crippen molar-refractivity contribution in [1.29, 1.82) is 0 Å². The van der Waals surface area contributed by atoms with E-state index in [2.05, 4.69) is 29.1 Å². The van der Waals surface area contributed by atoms with Crippen molar-refractivity contribution >= 4 is 17.4 Å². The Bertz CT molecular complexity index is 252. The zero-order valence-corrected chi connectivity index (χ0v) is 7.97. The van der Waals surface area contributed by atoms with Gasteiger partial charge in [-0.2, -0.15) is 0 Å². The van der Waals surface area contributed by atoms with Crippen molar-refractivity contribution in [3.63, 3.8) is 0 Å². The SMILES string of the molecule is CCC(C)Nc1nccnc1Cl. The second kappa shape index (κ2) is 4.26. The molecule has 4 heteroatoms. The molecule has 66 valence electrons. The molecule has 0 bridgehead atoms. The third-order valence-corrected chi connectivity index (χ3v) is 1.93. The average Bonchev–Trinajstić information content (AvgIpc) is 2.09. The fourth-order valence-electron chi connectivity index (χ4n) is 0.753. The molecule has 3 nitrogen and oxygen atoms in total. The van der Waals surface area contributed by atoms with Crippen LogP contribution < -0.4 is 5.32 Å². The molecular weight excluding hydrogens is 174 g/mol. The molecule has 0 fully saturated rings. The van der Waals surface area contributed by atoms with Gasteiger partial charge in [0.15, 0.2) is 11.0 Å². The van der Waals surface area contributed by atoms with Crippen LogP contribution >= 0.6 is 11.6 Å². The fraction of sp³-hybridized carbons (Fsp3) is 0.500. The fourth-order valence-corrected chi connectivity index (χ4v) is 0.913. The predicted molar refractivity (Wildman–Crippen MR) is 50.4 cm³/mol.